The molecule has 2 N–H and O–H groups in total. The number of furan rings is 1. The number of hydrogen-bond donors (Lipinski definition) is 2. The van der Waals surface area contributed by atoms with Gasteiger partial charge in [0.25, 0.3) is 0 Å². The lowest BCUT2D eigenvalue weighted by atomic mass is 9.94. The molecule has 1 aromatic heterocycles. The zero-order chi connectivity index (χ0) is 13.9. The van der Waals surface area contributed by atoms with Gasteiger partial charge in [0.2, 0.25) is 5.78 Å². The molecule has 0 saturated heterocycles. The van der Waals surface area contributed by atoms with E-state index in [9.17, 15) is 9.59 Å². The molecular weight excluding hydrogens is 256 g/mol. The highest BCUT2D eigenvalue weighted by molar-refractivity contribution is 6.08. The van der Waals surface area contributed by atoms with Gasteiger partial charge in [-0.1, -0.05) is 30.3 Å². The van der Waals surface area contributed by atoms with E-state index in [-0.39, 0.29) is 17.6 Å². The third-order valence-corrected chi connectivity index (χ3v) is 3.09. The van der Waals surface area contributed by atoms with Crippen molar-refractivity contribution in [3.63, 3.8) is 0 Å². The van der Waals surface area contributed by atoms with Crippen LogP contribution >= 0.6 is 0 Å². The molecule has 2 aromatic rings. The van der Waals surface area contributed by atoms with Crippen LogP contribution in [-0.2, 0) is 0 Å². The van der Waals surface area contributed by atoms with Gasteiger partial charge in [0, 0.05) is 11.8 Å². The molecular formula is C15H12N2O3. The van der Waals surface area contributed by atoms with Gasteiger partial charge >= 0.3 is 6.03 Å². The number of ketones is 1. The van der Waals surface area contributed by atoms with Crippen LogP contribution in [0.4, 0.5) is 4.79 Å². The Morgan fingerprint density at radius 1 is 1.10 bits per heavy atom. The first-order valence-electron chi connectivity index (χ1n) is 6.16. The van der Waals surface area contributed by atoms with Gasteiger partial charge in [-0.3, -0.25) is 4.79 Å². The number of rotatable bonds is 3. The number of carbonyl (C=O) groups excluding carboxylic acids is 2. The molecule has 1 aliphatic rings. The van der Waals surface area contributed by atoms with E-state index in [0.29, 0.717) is 5.57 Å². The van der Waals surface area contributed by atoms with Crippen LogP contribution < -0.4 is 10.6 Å². The summed E-state index contributed by atoms with van der Waals surface area (Å²) in [5.41, 5.74) is 1.28. The van der Waals surface area contributed by atoms with E-state index in [2.05, 4.69) is 10.6 Å². The van der Waals surface area contributed by atoms with E-state index in [0.717, 1.165) is 5.56 Å². The smallest absolute Gasteiger partial charge is 0.319 e. The minimum atomic E-state index is -0.484. The molecule has 0 spiro atoms. The van der Waals surface area contributed by atoms with E-state index < -0.39 is 6.04 Å². The van der Waals surface area contributed by atoms with Crippen LogP contribution in [0.5, 0.6) is 0 Å². The quantitative estimate of drug-likeness (QED) is 0.840. The minimum Gasteiger partial charge on any atom is -0.461 e. The number of amides is 2. The largest absolute Gasteiger partial charge is 0.461 e. The average Bonchev–Trinajstić information content (AvgIpc) is 3.02. The molecule has 1 aromatic carbocycles. The molecule has 0 aliphatic carbocycles. The molecule has 0 saturated carbocycles. The van der Waals surface area contributed by atoms with Crippen LogP contribution in [0.2, 0.25) is 0 Å². The Kier molecular flexibility index (Phi) is 3.09. The lowest BCUT2D eigenvalue weighted by molar-refractivity contribution is 0.0994. The highest BCUT2D eigenvalue weighted by atomic mass is 16.3. The second-order valence-corrected chi connectivity index (χ2v) is 4.37. The highest BCUT2D eigenvalue weighted by Gasteiger charge is 2.29. The van der Waals surface area contributed by atoms with Crippen LogP contribution in [0.1, 0.15) is 22.2 Å². The van der Waals surface area contributed by atoms with Crippen molar-refractivity contribution >= 4 is 11.8 Å². The number of urea groups is 1. The first kappa shape index (κ1) is 12.2. The summed E-state index contributed by atoms with van der Waals surface area (Å²) in [5, 5.41) is 5.24. The van der Waals surface area contributed by atoms with E-state index in [1.54, 1.807) is 12.1 Å². The fourth-order valence-corrected chi connectivity index (χ4v) is 2.13. The summed E-state index contributed by atoms with van der Waals surface area (Å²) in [5.74, 6) is -0.00789. The first-order valence-corrected chi connectivity index (χ1v) is 6.16. The maximum atomic E-state index is 12.4. The fraction of sp³-hybridized carbons (Fsp3) is 0.0667. The third kappa shape index (κ3) is 2.21. The van der Waals surface area contributed by atoms with Crippen LogP contribution in [0.25, 0.3) is 0 Å². The maximum Gasteiger partial charge on any atom is 0.319 e. The van der Waals surface area contributed by atoms with E-state index in [1.807, 2.05) is 30.3 Å². The van der Waals surface area contributed by atoms with Gasteiger partial charge in [0.1, 0.15) is 0 Å². The van der Waals surface area contributed by atoms with Crippen LogP contribution in [0.15, 0.2) is 64.9 Å². The number of Topliss-reactive ketones (excluding diaryl/α,β-unsaturated/α-hetero) is 1. The number of nitrogens with one attached hydrogen (secondary N) is 2. The normalized spacial score (nSPS) is 17.9. The van der Waals surface area contributed by atoms with Crippen molar-refractivity contribution in [2.45, 2.75) is 6.04 Å². The second-order valence-electron chi connectivity index (χ2n) is 4.37. The predicted octanol–water partition coefficient (Wildman–Crippen LogP) is 2.40. The van der Waals surface area contributed by atoms with Gasteiger partial charge in [-0.2, -0.15) is 0 Å². The van der Waals surface area contributed by atoms with Crippen molar-refractivity contribution in [1.82, 2.24) is 10.6 Å². The number of benzene rings is 1. The Balaban J connectivity index is 1.98. The molecule has 5 heteroatoms. The lowest BCUT2D eigenvalue weighted by Crippen LogP contribution is -2.42. The molecule has 20 heavy (non-hydrogen) atoms. The van der Waals surface area contributed by atoms with Crippen LogP contribution in [-0.4, -0.2) is 11.8 Å². The summed E-state index contributed by atoms with van der Waals surface area (Å²) in [7, 11) is 0. The molecule has 100 valence electrons. The minimum absolute atomic E-state index is 0.245. The van der Waals surface area contributed by atoms with Crippen molar-refractivity contribution in [1.29, 1.82) is 0 Å². The van der Waals surface area contributed by atoms with Crippen LogP contribution in [0.3, 0.4) is 0 Å². The summed E-state index contributed by atoms with van der Waals surface area (Å²) in [6.45, 7) is 0. The Hall–Kier alpha value is -2.82. The Morgan fingerprint density at radius 3 is 2.60 bits per heavy atom. The molecule has 5 nitrogen and oxygen atoms in total. The molecule has 1 unspecified atom stereocenters. The zero-order valence-electron chi connectivity index (χ0n) is 10.5. The molecule has 2 amide bonds. The number of hydrogen-bond acceptors (Lipinski definition) is 3. The highest BCUT2D eigenvalue weighted by Crippen LogP contribution is 2.26. The average molecular weight is 268 g/mol. The molecule has 0 fully saturated rings. The van der Waals surface area contributed by atoms with Gasteiger partial charge in [0.15, 0.2) is 5.76 Å². The van der Waals surface area contributed by atoms with E-state index in [4.69, 9.17) is 4.42 Å². The topological polar surface area (TPSA) is 71.3 Å². The molecule has 3 rings (SSSR count). The Morgan fingerprint density at radius 2 is 1.90 bits per heavy atom. The monoisotopic (exact) mass is 268 g/mol. The summed E-state index contributed by atoms with van der Waals surface area (Å²) < 4.78 is 5.13. The molecule has 0 radical (unpaired) electrons. The Bertz CT molecular complexity index is 660. The van der Waals surface area contributed by atoms with Crippen LogP contribution in [0, 0.1) is 0 Å². The first-order chi connectivity index (χ1) is 9.75. The van der Waals surface area contributed by atoms with E-state index >= 15 is 0 Å². The SMILES string of the molecule is O=C1NC=C(C(=O)c2ccco2)C(c2ccccc2)N1. The summed E-state index contributed by atoms with van der Waals surface area (Å²) in [6, 6.07) is 11.7. The zero-order valence-corrected chi connectivity index (χ0v) is 10.5. The van der Waals surface area contributed by atoms with Crippen molar-refractivity contribution in [3.05, 3.63) is 71.8 Å². The fourth-order valence-electron chi connectivity index (χ4n) is 2.13. The standard InChI is InChI=1S/C15H12N2O3/c18-14(12-7-4-8-20-12)11-9-16-15(19)17-13(11)10-5-2-1-3-6-10/h1-9,13H,(H2,16,17,19). The Labute approximate surface area is 115 Å². The molecule has 0 bridgehead atoms. The summed E-state index contributed by atoms with van der Waals surface area (Å²) in [4.78, 5) is 23.9. The maximum absolute atomic E-state index is 12.4. The molecule has 2 heterocycles. The molecule has 1 atom stereocenters. The number of carbonyl (C=O) groups is 2. The van der Waals surface area contributed by atoms with Crippen molar-refractivity contribution in [3.8, 4) is 0 Å². The van der Waals surface area contributed by atoms with Crippen molar-refractivity contribution in [2.75, 3.05) is 0 Å². The van der Waals surface area contributed by atoms with Gasteiger partial charge < -0.3 is 15.1 Å². The lowest BCUT2D eigenvalue weighted by Gasteiger charge is -2.25. The summed E-state index contributed by atoms with van der Waals surface area (Å²) in [6.07, 6.45) is 2.88. The van der Waals surface area contributed by atoms with Gasteiger partial charge in [-0.15, -0.1) is 0 Å². The van der Waals surface area contributed by atoms with Gasteiger partial charge in [0.05, 0.1) is 12.3 Å². The second kappa shape index (κ2) is 5.05. The van der Waals surface area contributed by atoms with Gasteiger partial charge in [-0.25, -0.2) is 4.79 Å². The van der Waals surface area contributed by atoms with Gasteiger partial charge in [-0.05, 0) is 17.7 Å². The van der Waals surface area contributed by atoms with Crippen molar-refractivity contribution < 1.29 is 14.0 Å². The molecule has 1 aliphatic heterocycles. The predicted molar refractivity (Wildman–Crippen MR) is 72.0 cm³/mol. The summed E-state index contributed by atoms with van der Waals surface area (Å²) >= 11 is 0. The van der Waals surface area contributed by atoms with E-state index in [1.165, 1.54) is 12.5 Å². The third-order valence-electron chi connectivity index (χ3n) is 3.09. The van der Waals surface area contributed by atoms with Crippen molar-refractivity contribution in [2.24, 2.45) is 0 Å².